The first-order valence-electron chi connectivity index (χ1n) is 7.02. The van der Waals surface area contributed by atoms with Crippen LogP contribution in [0.3, 0.4) is 0 Å². The summed E-state index contributed by atoms with van der Waals surface area (Å²) in [5, 5.41) is 10.7. The Balaban J connectivity index is 1.84. The topological polar surface area (TPSA) is 49.8 Å². The maximum absolute atomic E-state index is 4.60. The molecule has 1 saturated carbocycles. The zero-order chi connectivity index (χ0) is 13.9. The lowest BCUT2D eigenvalue weighted by atomic mass is 9.95. The lowest BCUT2D eigenvalue weighted by molar-refractivity contribution is 0.473. The molecule has 3 rings (SSSR count). The minimum atomic E-state index is 0.531. The molecular formula is C14H20N4S2. The van der Waals surface area contributed by atoms with Crippen LogP contribution in [0.5, 0.6) is 0 Å². The summed E-state index contributed by atoms with van der Waals surface area (Å²) in [4.78, 5) is 10.1. The largest absolute Gasteiger partial charge is 0.367 e. The van der Waals surface area contributed by atoms with Gasteiger partial charge < -0.3 is 10.6 Å². The number of nitrogens with zero attached hydrogens (tertiary/aromatic N) is 2. The van der Waals surface area contributed by atoms with Crippen molar-refractivity contribution in [2.24, 2.45) is 0 Å². The van der Waals surface area contributed by atoms with Crippen LogP contribution in [0.1, 0.15) is 25.7 Å². The Morgan fingerprint density at radius 2 is 2.25 bits per heavy atom. The van der Waals surface area contributed by atoms with Crippen LogP contribution in [-0.2, 0) is 0 Å². The number of hydrogen-bond donors (Lipinski definition) is 2. The van der Waals surface area contributed by atoms with Crippen LogP contribution < -0.4 is 10.6 Å². The van der Waals surface area contributed by atoms with E-state index in [0.717, 1.165) is 21.3 Å². The number of hydrogen-bond acceptors (Lipinski definition) is 6. The van der Waals surface area contributed by atoms with E-state index >= 15 is 0 Å². The molecule has 1 aliphatic rings. The fourth-order valence-electron chi connectivity index (χ4n) is 2.76. The molecule has 0 bridgehead atoms. The number of anilines is 2. The maximum atomic E-state index is 4.60. The van der Waals surface area contributed by atoms with Crippen molar-refractivity contribution < 1.29 is 0 Å². The van der Waals surface area contributed by atoms with Crippen LogP contribution in [0.2, 0.25) is 0 Å². The number of thiophene rings is 1. The SMILES string of the molecule is CNc1nc(NC2CCCC(SC)C2)c2ccsc2n1. The van der Waals surface area contributed by atoms with Crippen LogP contribution in [0.25, 0.3) is 10.2 Å². The van der Waals surface area contributed by atoms with Crippen molar-refractivity contribution in [1.82, 2.24) is 9.97 Å². The van der Waals surface area contributed by atoms with Crippen LogP contribution in [-0.4, -0.2) is 34.6 Å². The van der Waals surface area contributed by atoms with E-state index in [4.69, 9.17) is 0 Å². The van der Waals surface area contributed by atoms with E-state index in [1.807, 2.05) is 18.8 Å². The maximum Gasteiger partial charge on any atom is 0.225 e. The Hall–Kier alpha value is -1.01. The van der Waals surface area contributed by atoms with Gasteiger partial charge in [0.1, 0.15) is 10.6 Å². The normalized spacial score (nSPS) is 22.9. The van der Waals surface area contributed by atoms with Gasteiger partial charge in [-0.05, 0) is 37.0 Å². The fourth-order valence-corrected chi connectivity index (χ4v) is 4.35. The van der Waals surface area contributed by atoms with Gasteiger partial charge in [-0.1, -0.05) is 6.42 Å². The van der Waals surface area contributed by atoms with Crippen molar-refractivity contribution in [3.8, 4) is 0 Å². The van der Waals surface area contributed by atoms with Gasteiger partial charge in [-0.2, -0.15) is 16.7 Å². The number of rotatable bonds is 4. The van der Waals surface area contributed by atoms with Gasteiger partial charge in [0.15, 0.2) is 0 Å². The van der Waals surface area contributed by atoms with Crippen molar-refractivity contribution in [2.45, 2.75) is 37.0 Å². The van der Waals surface area contributed by atoms with Crippen LogP contribution in [0, 0.1) is 0 Å². The number of aromatic nitrogens is 2. The second-order valence-corrected chi connectivity index (χ2v) is 7.18. The Kier molecular flexibility index (Phi) is 4.31. The summed E-state index contributed by atoms with van der Waals surface area (Å²) in [6, 6.07) is 2.64. The van der Waals surface area contributed by atoms with Crippen molar-refractivity contribution >= 4 is 45.1 Å². The summed E-state index contributed by atoms with van der Waals surface area (Å²) in [6.45, 7) is 0. The van der Waals surface area contributed by atoms with Gasteiger partial charge >= 0.3 is 0 Å². The third-order valence-electron chi connectivity index (χ3n) is 3.85. The van der Waals surface area contributed by atoms with Crippen LogP contribution in [0.15, 0.2) is 11.4 Å². The van der Waals surface area contributed by atoms with Crippen LogP contribution >= 0.6 is 23.1 Å². The molecule has 2 N–H and O–H groups in total. The Labute approximate surface area is 127 Å². The highest BCUT2D eigenvalue weighted by Gasteiger charge is 2.22. The molecule has 2 aromatic rings. The molecule has 0 spiro atoms. The summed E-state index contributed by atoms with van der Waals surface area (Å²) in [5.74, 6) is 1.67. The van der Waals surface area contributed by atoms with E-state index in [2.05, 4.69) is 38.3 Å². The number of thioether (sulfide) groups is 1. The number of fused-ring (bicyclic) bond motifs is 1. The second-order valence-electron chi connectivity index (χ2n) is 5.15. The molecule has 0 saturated heterocycles. The van der Waals surface area contributed by atoms with Gasteiger partial charge in [-0.25, -0.2) is 4.98 Å². The summed E-state index contributed by atoms with van der Waals surface area (Å²) in [5.41, 5.74) is 0. The summed E-state index contributed by atoms with van der Waals surface area (Å²) >= 11 is 3.65. The molecule has 4 nitrogen and oxygen atoms in total. The average molecular weight is 308 g/mol. The summed E-state index contributed by atoms with van der Waals surface area (Å²) in [7, 11) is 1.86. The van der Waals surface area contributed by atoms with Crippen molar-refractivity contribution in [2.75, 3.05) is 23.9 Å². The first kappa shape index (κ1) is 13.9. The zero-order valence-corrected chi connectivity index (χ0v) is 13.5. The summed E-state index contributed by atoms with van der Waals surface area (Å²) in [6.07, 6.45) is 7.33. The lowest BCUT2D eigenvalue weighted by Gasteiger charge is -2.29. The van der Waals surface area contributed by atoms with Gasteiger partial charge in [0.2, 0.25) is 5.95 Å². The first-order valence-corrected chi connectivity index (χ1v) is 9.19. The van der Waals surface area contributed by atoms with Crippen LogP contribution in [0.4, 0.5) is 11.8 Å². The quantitative estimate of drug-likeness (QED) is 0.899. The monoisotopic (exact) mass is 308 g/mol. The molecule has 0 aromatic carbocycles. The van der Waals surface area contributed by atoms with Crippen molar-refractivity contribution in [1.29, 1.82) is 0 Å². The third kappa shape index (κ3) is 2.86. The van der Waals surface area contributed by atoms with Crippen molar-refractivity contribution in [3.05, 3.63) is 11.4 Å². The van der Waals surface area contributed by atoms with E-state index in [9.17, 15) is 0 Å². The highest BCUT2D eigenvalue weighted by atomic mass is 32.2. The predicted molar refractivity (Wildman–Crippen MR) is 90.1 cm³/mol. The van der Waals surface area contributed by atoms with E-state index in [-0.39, 0.29) is 0 Å². The van der Waals surface area contributed by atoms with E-state index in [1.165, 1.54) is 25.7 Å². The van der Waals surface area contributed by atoms with E-state index in [1.54, 1.807) is 11.3 Å². The molecule has 1 fully saturated rings. The molecule has 0 radical (unpaired) electrons. The van der Waals surface area contributed by atoms with E-state index in [0.29, 0.717) is 12.0 Å². The van der Waals surface area contributed by atoms with Gasteiger partial charge in [-0.15, -0.1) is 11.3 Å². The molecule has 2 unspecified atom stereocenters. The molecule has 20 heavy (non-hydrogen) atoms. The summed E-state index contributed by atoms with van der Waals surface area (Å²) < 4.78 is 0. The van der Waals surface area contributed by atoms with Crippen molar-refractivity contribution in [3.63, 3.8) is 0 Å². The second kappa shape index (κ2) is 6.18. The Bertz CT molecular complexity index is 584. The highest BCUT2D eigenvalue weighted by Crippen LogP contribution is 2.31. The minimum absolute atomic E-state index is 0.531. The first-order chi connectivity index (χ1) is 9.80. The van der Waals surface area contributed by atoms with Gasteiger partial charge in [-0.3, -0.25) is 0 Å². The Morgan fingerprint density at radius 1 is 1.35 bits per heavy atom. The fraction of sp³-hybridized carbons (Fsp3) is 0.571. The molecule has 2 heterocycles. The average Bonchev–Trinajstić information content (AvgIpc) is 2.96. The number of nitrogens with one attached hydrogen (secondary N) is 2. The lowest BCUT2D eigenvalue weighted by Crippen LogP contribution is -2.29. The molecule has 1 aliphatic carbocycles. The third-order valence-corrected chi connectivity index (χ3v) is 5.75. The molecule has 2 atom stereocenters. The van der Waals surface area contributed by atoms with Gasteiger partial charge in [0.05, 0.1) is 5.39 Å². The molecule has 0 amide bonds. The molecular weight excluding hydrogens is 288 g/mol. The molecule has 0 aliphatic heterocycles. The highest BCUT2D eigenvalue weighted by molar-refractivity contribution is 7.99. The molecule has 6 heteroatoms. The standard InChI is InChI=1S/C14H20N4S2/c1-15-14-17-12(11-6-7-20-13(11)18-14)16-9-4-3-5-10(8-9)19-2/h6-7,9-10H,3-5,8H2,1-2H3,(H2,15,16,17,18). The zero-order valence-electron chi connectivity index (χ0n) is 11.8. The van der Waals surface area contributed by atoms with Gasteiger partial charge in [0.25, 0.3) is 0 Å². The smallest absolute Gasteiger partial charge is 0.225 e. The Morgan fingerprint density at radius 3 is 3.05 bits per heavy atom. The minimum Gasteiger partial charge on any atom is -0.367 e. The molecule has 2 aromatic heterocycles. The predicted octanol–water partition coefficient (Wildman–Crippen LogP) is 3.82. The van der Waals surface area contributed by atoms with E-state index < -0.39 is 0 Å². The molecule has 108 valence electrons. The van der Waals surface area contributed by atoms with Gasteiger partial charge in [0, 0.05) is 18.3 Å².